The number of nitrogens with two attached hydrogens (primary N) is 2. The van der Waals surface area contributed by atoms with Crippen LogP contribution in [0.2, 0.25) is 5.02 Å². The summed E-state index contributed by atoms with van der Waals surface area (Å²) in [7, 11) is 0. The molecule has 1 saturated carbocycles. The van der Waals surface area contributed by atoms with Gasteiger partial charge in [0.2, 0.25) is 11.8 Å². The molecule has 5 nitrogen and oxygen atoms in total. The van der Waals surface area contributed by atoms with Gasteiger partial charge in [0.25, 0.3) is 0 Å². The van der Waals surface area contributed by atoms with Crippen molar-refractivity contribution in [1.29, 1.82) is 0 Å². The number of hydrogen-bond donors (Lipinski definition) is 3. The van der Waals surface area contributed by atoms with Gasteiger partial charge in [0.1, 0.15) is 0 Å². The van der Waals surface area contributed by atoms with Gasteiger partial charge in [-0.25, -0.2) is 0 Å². The van der Waals surface area contributed by atoms with Gasteiger partial charge in [0.05, 0.1) is 10.6 Å². The molecular formula is C15H20ClN3O2. The van der Waals surface area contributed by atoms with Crippen LogP contribution in [0.5, 0.6) is 0 Å². The van der Waals surface area contributed by atoms with E-state index in [1.807, 2.05) is 0 Å². The SMILES string of the molecule is NCC1CCCCC1C(=O)Nc1ccc(C(N)=O)c(Cl)c1. The molecule has 2 amide bonds. The number of halogens is 1. The van der Waals surface area contributed by atoms with Gasteiger partial charge in [-0.1, -0.05) is 24.4 Å². The van der Waals surface area contributed by atoms with E-state index >= 15 is 0 Å². The van der Waals surface area contributed by atoms with E-state index in [0.717, 1.165) is 25.7 Å². The van der Waals surface area contributed by atoms with Gasteiger partial charge in [0.15, 0.2) is 0 Å². The Morgan fingerprint density at radius 1 is 1.29 bits per heavy atom. The third kappa shape index (κ3) is 3.74. The monoisotopic (exact) mass is 309 g/mol. The highest BCUT2D eigenvalue weighted by Crippen LogP contribution is 2.30. The molecule has 0 bridgehead atoms. The number of hydrogen-bond acceptors (Lipinski definition) is 3. The van der Waals surface area contributed by atoms with Crippen LogP contribution in [0.15, 0.2) is 18.2 Å². The van der Waals surface area contributed by atoms with E-state index in [1.54, 1.807) is 12.1 Å². The highest BCUT2D eigenvalue weighted by atomic mass is 35.5. The molecular weight excluding hydrogens is 290 g/mol. The minimum atomic E-state index is -0.589. The third-order valence-corrected chi connectivity index (χ3v) is 4.36. The number of primary amides is 1. The van der Waals surface area contributed by atoms with Gasteiger partial charge in [-0.05, 0) is 43.5 Å². The molecule has 1 aliphatic carbocycles. The van der Waals surface area contributed by atoms with Crippen LogP contribution >= 0.6 is 11.6 Å². The zero-order chi connectivity index (χ0) is 15.4. The van der Waals surface area contributed by atoms with Gasteiger partial charge in [0, 0.05) is 11.6 Å². The smallest absolute Gasteiger partial charge is 0.250 e. The van der Waals surface area contributed by atoms with Crippen LogP contribution in [0, 0.1) is 11.8 Å². The Kier molecular flexibility index (Phi) is 5.20. The summed E-state index contributed by atoms with van der Waals surface area (Å²) in [5.74, 6) is -0.446. The summed E-state index contributed by atoms with van der Waals surface area (Å²) in [6.07, 6.45) is 4.04. The van der Waals surface area contributed by atoms with Crippen LogP contribution in [0.1, 0.15) is 36.0 Å². The number of rotatable bonds is 4. The number of nitrogens with one attached hydrogen (secondary N) is 1. The first-order valence-electron chi connectivity index (χ1n) is 7.13. The lowest BCUT2D eigenvalue weighted by molar-refractivity contribution is -0.122. The van der Waals surface area contributed by atoms with Crippen LogP contribution in [-0.2, 0) is 4.79 Å². The van der Waals surface area contributed by atoms with Crippen molar-refractivity contribution in [2.45, 2.75) is 25.7 Å². The molecule has 0 spiro atoms. The Labute approximate surface area is 129 Å². The molecule has 2 unspecified atom stereocenters. The van der Waals surface area contributed by atoms with Crippen LogP contribution in [-0.4, -0.2) is 18.4 Å². The first-order chi connectivity index (χ1) is 10.0. The van der Waals surface area contributed by atoms with Gasteiger partial charge < -0.3 is 16.8 Å². The molecule has 6 heteroatoms. The minimum absolute atomic E-state index is 0.0342. The summed E-state index contributed by atoms with van der Waals surface area (Å²) in [4.78, 5) is 23.5. The predicted molar refractivity (Wildman–Crippen MR) is 83.1 cm³/mol. The fourth-order valence-corrected chi connectivity index (χ4v) is 3.14. The normalized spacial score (nSPS) is 21.8. The van der Waals surface area contributed by atoms with E-state index < -0.39 is 5.91 Å². The molecule has 0 aliphatic heterocycles. The second-order valence-electron chi connectivity index (χ2n) is 5.43. The lowest BCUT2D eigenvalue weighted by atomic mass is 9.78. The Morgan fingerprint density at radius 3 is 2.62 bits per heavy atom. The van der Waals surface area contributed by atoms with E-state index in [-0.39, 0.29) is 28.3 Å². The molecule has 2 atom stereocenters. The molecule has 0 heterocycles. The highest BCUT2D eigenvalue weighted by molar-refractivity contribution is 6.34. The molecule has 21 heavy (non-hydrogen) atoms. The molecule has 2 rings (SSSR count). The maximum Gasteiger partial charge on any atom is 0.250 e. The van der Waals surface area contributed by atoms with Crippen molar-refractivity contribution in [3.05, 3.63) is 28.8 Å². The van der Waals surface area contributed by atoms with Gasteiger partial charge in [-0.3, -0.25) is 9.59 Å². The van der Waals surface area contributed by atoms with Crippen molar-refractivity contribution >= 4 is 29.1 Å². The number of amides is 2. The predicted octanol–water partition coefficient (Wildman–Crippen LogP) is 2.14. The zero-order valence-corrected chi connectivity index (χ0v) is 12.5. The Hall–Kier alpha value is -1.59. The quantitative estimate of drug-likeness (QED) is 0.794. The second kappa shape index (κ2) is 6.91. The molecule has 5 N–H and O–H groups in total. The van der Waals surface area contributed by atoms with Crippen molar-refractivity contribution < 1.29 is 9.59 Å². The summed E-state index contributed by atoms with van der Waals surface area (Å²) in [5, 5.41) is 3.09. The number of carbonyl (C=O) groups is 2. The van der Waals surface area contributed by atoms with Crippen LogP contribution < -0.4 is 16.8 Å². The summed E-state index contributed by atoms with van der Waals surface area (Å²) in [5.41, 5.74) is 11.8. The van der Waals surface area contributed by atoms with E-state index in [4.69, 9.17) is 23.1 Å². The molecule has 0 radical (unpaired) electrons. The van der Waals surface area contributed by atoms with Crippen LogP contribution in [0.4, 0.5) is 5.69 Å². The zero-order valence-electron chi connectivity index (χ0n) is 11.8. The Bertz CT molecular complexity index is 548. The summed E-state index contributed by atoms with van der Waals surface area (Å²) in [6, 6.07) is 4.69. The van der Waals surface area contributed by atoms with E-state index in [0.29, 0.717) is 12.2 Å². The first-order valence-corrected chi connectivity index (χ1v) is 7.51. The molecule has 1 aromatic carbocycles. The maximum absolute atomic E-state index is 12.4. The highest BCUT2D eigenvalue weighted by Gasteiger charge is 2.29. The summed E-state index contributed by atoms with van der Waals surface area (Å²) >= 11 is 5.98. The molecule has 1 fully saturated rings. The van der Waals surface area contributed by atoms with Crippen molar-refractivity contribution in [2.24, 2.45) is 23.3 Å². The average molecular weight is 310 g/mol. The minimum Gasteiger partial charge on any atom is -0.366 e. The largest absolute Gasteiger partial charge is 0.366 e. The average Bonchev–Trinajstić information content (AvgIpc) is 2.46. The van der Waals surface area contributed by atoms with Crippen LogP contribution in [0.3, 0.4) is 0 Å². The first kappa shape index (κ1) is 15.8. The standard InChI is InChI=1S/C15H20ClN3O2/c16-13-7-10(5-6-12(13)14(18)20)19-15(21)11-4-2-1-3-9(11)8-17/h5-7,9,11H,1-4,8,17H2,(H2,18,20)(H,19,21). The van der Waals surface area contributed by atoms with Crippen molar-refractivity contribution in [2.75, 3.05) is 11.9 Å². The van der Waals surface area contributed by atoms with Crippen LogP contribution in [0.25, 0.3) is 0 Å². The molecule has 0 aromatic heterocycles. The van der Waals surface area contributed by atoms with Gasteiger partial charge in [-0.2, -0.15) is 0 Å². The summed E-state index contributed by atoms with van der Waals surface area (Å²) in [6.45, 7) is 0.527. The van der Waals surface area contributed by atoms with Crippen molar-refractivity contribution in [3.63, 3.8) is 0 Å². The maximum atomic E-state index is 12.4. The Balaban J connectivity index is 2.08. The van der Waals surface area contributed by atoms with Gasteiger partial charge >= 0.3 is 0 Å². The Morgan fingerprint density at radius 2 is 2.00 bits per heavy atom. The second-order valence-corrected chi connectivity index (χ2v) is 5.84. The van der Waals surface area contributed by atoms with Gasteiger partial charge in [-0.15, -0.1) is 0 Å². The van der Waals surface area contributed by atoms with E-state index in [2.05, 4.69) is 5.32 Å². The van der Waals surface area contributed by atoms with Crippen molar-refractivity contribution in [3.8, 4) is 0 Å². The van der Waals surface area contributed by atoms with E-state index in [1.165, 1.54) is 6.07 Å². The lowest BCUT2D eigenvalue weighted by Gasteiger charge is -2.29. The number of carbonyl (C=O) groups excluding carboxylic acids is 2. The van der Waals surface area contributed by atoms with E-state index in [9.17, 15) is 9.59 Å². The fraction of sp³-hybridized carbons (Fsp3) is 0.467. The number of benzene rings is 1. The third-order valence-electron chi connectivity index (χ3n) is 4.05. The molecule has 114 valence electrons. The molecule has 1 aliphatic rings. The fourth-order valence-electron chi connectivity index (χ4n) is 2.86. The van der Waals surface area contributed by atoms with Crippen molar-refractivity contribution in [1.82, 2.24) is 0 Å². The number of anilines is 1. The molecule has 1 aromatic rings. The lowest BCUT2D eigenvalue weighted by Crippen LogP contribution is -2.35. The topological polar surface area (TPSA) is 98.2 Å². The summed E-state index contributed by atoms with van der Waals surface area (Å²) < 4.78 is 0. The molecule has 0 saturated heterocycles.